The highest BCUT2D eigenvalue weighted by Crippen LogP contribution is 2.28. The first-order valence-corrected chi connectivity index (χ1v) is 6.31. The summed E-state index contributed by atoms with van der Waals surface area (Å²) in [6, 6.07) is 7.87. The van der Waals surface area contributed by atoms with Crippen molar-refractivity contribution in [3.63, 3.8) is 0 Å². The minimum absolute atomic E-state index is 0.573. The van der Waals surface area contributed by atoms with E-state index in [1.54, 1.807) is 25.6 Å². The molecule has 0 bridgehead atoms. The Balaban J connectivity index is 2.57. The van der Waals surface area contributed by atoms with E-state index in [-0.39, 0.29) is 0 Å². The summed E-state index contributed by atoms with van der Waals surface area (Å²) in [6.07, 6.45) is 0. The zero-order valence-electron chi connectivity index (χ0n) is 8.66. The first-order chi connectivity index (χ1) is 6.92. The van der Waals surface area contributed by atoms with Gasteiger partial charge < -0.3 is 5.11 Å². The van der Waals surface area contributed by atoms with Crippen molar-refractivity contribution in [2.45, 2.75) is 18.7 Å². The van der Waals surface area contributed by atoms with E-state index in [0.717, 1.165) is 9.37 Å². The van der Waals surface area contributed by atoms with Crippen LogP contribution in [-0.2, 0) is 4.79 Å². The molecule has 0 amide bonds. The standard InChI is InChI=1S/C11H13BrO2S/c1-11(2,10(13)14)7-15-9-5-3-8(12)4-6-9/h3-6H,7H2,1-2H3,(H,13,14). The molecule has 0 spiro atoms. The zero-order valence-corrected chi connectivity index (χ0v) is 11.1. The van der Waals surface area contributed by atoms with Crippen LogP contribution in [-0.4, -0.2) is 16.8 Å². The van der Waals surface area contributed by atoms with Gasteiger partial charge in [0.05, 0.1) is 5.41 Å². The number of halogens is 1. The van der Waals surface area contributed by atoms with E-state index in [1.807, 2.05) is 24.3 Å². The van der Waals surface area contributed by atoms with Gasteiger partial charge in [0, 0.05) is 15.1 Å². The van der Waals surface area contributed by atoms with Crippen molar-refractivity contribution in [3.8, 4) is 0 Å². The Bertz CT molecular complexity index is 346. The number of aliphatic carboxylic acids is 1. The molecule has 0 aliphatic rings. The third-order valence-corrected chi connectivity index (χ3v) is 3.99. The molecule has 0 aromatic heterocycles. The lowest BCUT2D eigenvalue weighted by Crippen LogP contribution is -2.26. The molecule has 1 N–H and O–H groups in total. The van der Waals surface area contributed by atoms with Gasteiger partial charge in [0.1, 0.15) is 0 Å². The molecule has 0 aliphatic carbocycles. The quantitative estimate of drug-likeness (QED) is 0.860. The Morgan fingerprint density at radius 3 is 2.40 bits per heavy atom. The topological polar surface area (TPSA) is 37.3 Å². The van der Waals surface area contributed by atoms with E-state index in [2.05, 4.69) is 15.9 Å². The van der Waals surface area contributed by atoms with Crippen molar-refractivity contribution >= 4 is 33.7 Å². The predicted octanol–water partition coefficient (Wildman–Crippen LogP) is 3.65. The minimum atomic E-state index is -0.757. The summed E-state index contributed by atoms with van der Waals surface area (Å²) in [6.45, 7) is 3.47. The molecule has 1 aromatic carbocycles. The average molecular weight is 289 g/mol. The lowest BCUT2D eigenvalue weighted by molar-refractivity contribution is -0.145. The van der Waals surface area contributed by atoms with Crippen LogP contribution in [0.5, 0.6) is 0 Å². The van der Waals surface area contributed by atoms with Gasteiger partial charge in [0.15, 0.2) is 0 Å². The molecule has 0 radical (unpaired) electrons. The number of thioether (sulfide) groups is 1. The molecule has 0 heterocycles. The Morgan fingerprint density at radius 1 is 1.40 bits per heavy atom. The molecule has 0 fully saturated rings. The number of hydrogen-bond donors (Lipinski definition) is 1. The van der Waals surface area contributed by atoms with Gasteiger partial charge in [-0.25, -0.2) is 0 Å². The number of carboxylic acids is 1. The second-order valence-corrected chi connectivity index (χ2v) is 5.90. The normalized spacial score (nSPS) is 11.4. The minimum Gasteiger partial charge on any atom is -0.481 e. The fourth-order valence-electron chi connectivity index (χ4n) is 0.856. The third kappa shape index (κ3) is 3.87. The molecule has 0 unspecified atom stereocenters. The molecular weight excluding hydrogens is 276 g/mol. The maximum absolute atomic E-state index is 10.9. The Hall–Kier alpha value is -0.480. The van der Waals surface area contributed by atoms with Crippen LogP contribution in [0.1, 0.15) is 13.8 Å². The lowest BCUT2D eigenvalue weighted by atomic mass is 9.97. The van der Waals surface area contributed by atoms with Gasteiger partial charge in [-0.2, -0.15) is 0 Å². The van der Waals surface area contributed by atoms with E-state index >= 15 is 0 Å². The van der Waals surface area contributed by atoms with E-state index in [4.69, 9.17) is 5.11 Å². The van der Waals surface area contributed by atoms with Crippen LogP contribution < -0.4 is 0 Å². The SMILES string of the molecule is CC(C)(CSc1ccc(Br)cc1)C(=O)O. The van der Waals surface area contributed by atoms with E-state index in [1.165, 1.54) is 0 Å². The van der Waals surface area contributed by atoms with Gasteiger partial charge in [-0.15, -0.1) is 11.8 Å². The van der Waals surface area contributed by atoms with Crippen LogP contribution in [0.25, 0.3) is 0 Å². The molecule has 0 saturated heterocycles. The maximum Gasteiger partial charge on any atom is 0.309 e. The summed E-state index contributed by atoms with van der Waals surface area (Å²) < 4.78 is 1.03. The molecule has 1 aromatic rings. The molecule has 2 nitrogen and oxygen atoms in total. The van der Waals surface area contributed by atoms with E-state index in [9.17, 15) is 4.79 Å². The van der Waals surface area contributed by atoms with Crippen LogP contribution in [0.3, 0.4) is 0 Å². The molecule has 15 heavy (non-hydrogen) atoms. The molecule has 0 atom stereocenters. The van der Waals surface area contributed by atoms with Gasteiger partial charge in [-0.05, 0) is 38.1 Å². The van der Waals surface area contributed by atoms with Crippen molar-refractivity contribution in [1.82, 2.24) is 0 Å². The van der Waals surface area contributed by atoms with Crippen LogP contribution in [0, 0.1) is 5.41 Å². The summed E-state index contributed by atoms with van der Waals surface area (Å²) >= 11 is 4.92. The second-order valence-electron chi connectivity index (χ2n) is 3.93. The summed E-state index contributed by atoms with van der Waals surface area (Å²) in [4.78, 5) is 12.0. The number of carbonyl (C=O) groups is 1. The van der Waals surface area contributed by atoms with Gasteiger partial charge in [-0.3, -0.25) is 4.79 Å². The summed E-state index contributed by atoms with van der Waals surface area (Å²) in [7, 11) is 0. The summed E-state index contributed by atoms with van der Waals surface area (Å²) in [5, 5.41) is 8.94. The number of hydrogen-bond acceptors (Lipinski definition) is 2. The van der Waals surface area contributed by atoms with Crippen molar-refractivity contribution in [3.05, 3.63) is 28.7 Å². The van der Waals surface area contributed by atoms with E-state index < -0.39 is 11.4 Å². The van der Waals surface area contributed by atoms with E-state index in [0.29, 0.717) is 5.75 Å². The zero-order chi connectivity index (χ0) is 11.5. The Labute approximate surface area is 102 Å². The highest BCUT2D eigenvalue weighted by molar-refractivity contribution is 9.10. The Kier molecular flexibility index (Phi) is 4.22. The maximum atomic E-state index is 10.9. The summed E-state index contributed by atoms with van der Waals surface area (Å²) in [5.74, 6) is -0.184. The first-order valence-electron chi connectivity index (χ1n) is 4.53. The number of benzene rings is 1. The fourth-order valence-corrected chi connectivity index (χ4v) is 2.10. The lowest BCUT2D eigenvalue weighted by Gasteiger charge is -2.18. The molecule has 82 valence electrons. The first kappa shape index (κ1) is 12.6. The smallest absolute Gasteiger partial charge is 0.309 e. The van der Waals surface area contributed by atoms with Gasteiger partial charge >= 0.3 is 5.97 Å². The van der Waals surface area contributed by atoms with Crippen LogP contribution in [0.4, 0.5) is 0 Å². The highest BCUT2D eigenvalue weighted by atomic mass is 79.9. The third-order valence-electron chi connectivity index (χ3n) is 1.99. The molecule has 4 heteroatoms. The average Bonchev–Trinajstić information content (AvgIpc) is 2.17. The fraction of sp³-hybridized carbons (Fsp3) is 0.364. The predicted molar refractivity (Wildman–Crippen MR) is 66.3 cm³/mol. The van der Waals surface area contributed by atoms with Crippen molar-refractivity contribution in [2.75, 3.05) is 5.75 Å². The molecule has 0 aliphatic heterocycles. The van der Waals surface area contributed by atoms with Crippen LogP contribution in [0.15, 0.2) is 33.6 Å². The molecule has 0 saturated carbocycles. The second kappa shape index (κ2) is 5.03. The molecular formula is C11H13BrO2S. The van der Waals surface area contributed by atoms with Gasteiger partial charge in [0.25, 0.3) is 0 Å². The van der Waals surface area contributed by atoms with Crippen molar-refractivity contribution in [1.29, 1.82) is 0 Å². The Morgan fingerprint density at radius 2 is 1.93 bits per heavy atom. The highest BCUT2D eigenvalue weighted by Gasteiger charge is 2.26. The van der Waals surface area contributed by atoms with Crippen molar-refractivity contribution < 1.29 is 9.90 Å². The molecule has 1 rings (SSSR count). The van der Waals surface area contributed by atoms with Gasteiger partial charge in [-0.1, -0.05) is 15.9 Å². The summed E-state index contributed by atoms with van der Waals surface area (Å²) in [5.41, 5.74) is -0.683. The monoisotopic (exact) mass is 288 g/mol. The number of carboxylic acid groups (broad SMARTS) is 1. The number of rotatable bonds is 4. The van der Waals surface area contributed by atoms with Crippen LogP contribution in [0.2, 0.25) is 0 Å². The van der Waals surface area contributed by atoms with Crippen LogP contribution >= 0.6 is 27.7 Å². The largest absolute Gasteiger partial charge is 0.481 e. The van der Waals surface area contributed by atoms with Crippen molar-refractivity contribution in [2.24, 2.45) is 5.41 Å². The van der Waals surface area contributed by atoms with Gasteiger partial charge in [0.2, 0.25) is 0 Å².